The van der Waals surface area contributed by atoms with E-state index >= 15 is 0 Å². The summed E-state index contributed by atoms with van der Waals surface area (Å²) in [6.07, 6.45) is 0.373. The quantitative estimate of drug-likeness (QED) is 0.675. The lowest BCUT2D eigenvalue weighted by Crippen LogP contribution is -2.06. The molecule has 0 aliphatic heterocycles. The van der Waals surface area contributed by atoms with Gasteiger partial charge in [0.05, 0.1) is 10.0 Å². The van der Waals surface area contributed by atoms with Gasteiger partial charge in [0.2, 0.25) is 0 Å². The van der Waals surface area contributed by atoms with Crippen molar-refractivity contribution in [3.05, 3.63) is 22.2 Å². The first-order valence-corrected chi connectivity index (χ1v) is 4.33. The first-order chi connectivity index (χ1) is 6.56. The van der Waals surface area contributed by atoms with Crippen molar-refractivity contribution in [1.29, 1.82) is 0 Å². The lowest BCUT2D eigenvalue weighted by molar-refractivity contribution is -0.0505. The SMILES string of the molecule is Nc1ccc(Br)c(OC(F)F)c1C=O. The van der Waals surface area contributed by atoms with Crippen LogP contribution in [0.2, 0.25) is 0 Å². The largest absolute Gasteiger partial charge is 0.433 e. The highest BCUT2D eigenvalue weighted by Crippen LogP contribution is 2.32. The summed E-state index contributed by atoms with van der Waals surface area (Å²) in [7, 11) is 0. The van der Waals surface area contributed by atoms with Gasteiger partial charge in [0.1, 0.15) is 0 Å². The highest BCUT2D eigenvalue weighted by molar-refractivity contribution is 9.10. The second-order valence-corrected chi connectivity index (χ2v) is 3.23. The third-order valence-electron chi connectivity index (χ3n) is 1.51. The first kappa shape index (κ1) is 10.9. The third kappa shape index (κ3) is 2.20. The van der Waals surface area contributed by atoms with Gasteiger partial charge in [-0.25, -0.2) is 0 Å². The summed E-state index contributed by atoms with van der Waals surface area (Å²) < 4.78 is 28.3. The summed E-state index contributed by atoms with van der Waals surface area (Å²) in [4.78, 5) is 10.6. The Kier molecular flexibility index (Phi) is 3.40. The van der Waals surface area contributed by atoms with Gasteiger partial charge in [0.15, 0.2) is 12.0 Å². The van der Waals surface area contributed by atoms with Crippen molar-refractivity contribution in [2.75, 3.05) is 5.73 Å². The van der Waals surface area contributed by atoms with E-state index < -0.39 is 6.61 Å². The molecule has 1 aromatic carbocycles. The topological polar surface area (TPSA) is 52.3 Å². The van der Waals surface area contributed by atoms with Crippen molar-refractivity contribution in [3.8, 4) is 5.75 Å². The van der Waals surface area contributed by atoms with Gasteiger partial charge in [-0.2, -0.15) is 8.78 Å². The number of aldehydes is 1. The molecular formula is C8H6BrF2NO2. The second kappa shape index (κ2) is 4.36. The van der Waals surface area contributed by atoms with Gasteiger partial charge in [-0.1, -0.05) is 0 Å². The van der Waals surface area contributed by atoms with Gasteiger partial charge in [0.25, 0.3) is 0 Å². The molecule has 0 fully saturated rings. The molecule has 0 amide bonds. The maximum Gasteiger partial charge on any atom is 0.387 e. The molecule has 0 unspecified atom stereocenters. The van der Waals surface area contributed by atoms with Crippen LogP contribution in [-0.2, 0) is 0 Å². The number of anilines is 1. The number of carbonyl (C=O) groups excluding carboxylic acids is 1. The fraction of sp³-hybridized carbons (Fsp3) is 0.125. The Morgan fingerprint density at radius 3 is 2.64 bits per heavy atom. The van der Waals surface area contributed by atoms with Crippen LogP contribution in [0.5, 0.6) is 5.75 Å². The predicted octanol–water partition coefficient (Wildman–Crippen LogP) is 2.45. The molecule has 0 radical (unpaired) electrons. The number of hydrogen-bond acceptors (Lipinski definition) is 3. The van der Waals surface area contributed by atoms with Crippen LogP contribution in [0.1, 0.15) is 10.4 Å². The van der Waals surface area contributed by atoms with E-state index in [1.807, 2.05) is 0 Å². The van der Waals surface area contributed by atoms with Crippen LogP contribution in [0.15, 0.2) is 16.6 Å². The number of rotatable bonds is 3. The number of carbonyl (C=O) groups is 1. The maximum atomic E-state index is 11.9. The normalized spacial score (nSPS) is 10.3. The number of benzene rings is 1. The maximum absolute atomic E-state index is 11.9. The molecular weight excluding hydrogens is 260 g/mol. The Morgan fingerprint density at radius 2 is 2.14 bits per heavy atom. The molecule has 76 valence electrons. The lowest BCUT2D eigenvalue weighted by Gasteiger charge is -2.10. The molecule has 1 aromatic rings. The number of nitrogens with two attached hydrogens (primary N) is 1. The van der Waals surface area contributed by atoms with Crippen molar-refractivity contribution in [2.45, 2.75) is 6.61 Å². The summed E-state index contributed by atoms with van der Waals surface area (Å²) in [5.41, 5.74) is 5.41. The van der Waals surface area contributed by atoms with Crippen molar-refractivity contribution >= 4 is 27.9 Å². The molecule has 0 saturated carbocycles. The number of hydrogen-bond donors (Lipinski definition) is 1. The van der Waals surface area contributed by atoms with Crippen LogP contribution in [-0.4, -0.2) is 12.9 Å². The van der Waals surface area contributed by atoms with Crippen LogP contribution < -0.4 is 10.5 Å². The molecule has 0 aromatic heterocycles. The predicted molar refractivity (Wildman–Crippen MR) is 50.6 cm³/mol. The number of halogens is 3. The van der Waals surface area contributed by atoms with E-state index in [-0.39, 0.29) is 21.5 Å². The Morgan fingerprint density at radius 1 is 1.50 bits per heavy atom. The monoisotopic (exact) mass is 265 g/mol. The van der Waals surface area contributed by atoms with Crippen LogP contribution >= 0.6 is 15.9 Å². The molecule has 0 spiro atoms. The van der Waals surface area contributed by atoms with Gasteiger partial charge >= 0.3 is 6.61 Å². The molecule has 0 saturated heterocycles. The minimum absolute atomic E-state index is 0.0836. The van der Waals surface area contributed by atoms with Gasteiger partial charge in [-0.3, -0.25) is 4.79 Å². The standard InChI is InChI=1S/C8H6BrF2NO2/c9-5-1-2-6(12)4(3-13)7(5)14-8(10)11/h1-3,8H,12H2. The Labute approximate surface area is 87.0 Å². The average molecular weight is 266 g/mol. The second-order valence-electron chi connectivity index (χ2n) is 2.38. The molecule has 0 atom stereocenters. The van der Waals surface area contributed by atoms with E-state index in [9.17, 15) is 13.6 Å². The molecule has 0 bridgehead atoms. The lowest BCUT2D eigenvalue weighted by atomic mass is 10.2. The highest BCUT2D eigenvalue weighted by Gasteiger charge is 2.15. The summed E-state index contributed by atoms with van der Waals surface area (Å²) in [6, 6.07) is 2.85. The molecule has 14 heavy (non-hydrogen) atoms. The average Bonchev–Trinajstić information content (AvgIpc) is 2.11. The van der Waals surface area contributed by atoms with Crippen LogP contribution in [0.4, 0.5) is 14.5 Å². The van der Waals surface area contributed by atoms with Crippen molar-refractivity contribution in [1.82, 2.24) is 0 Å². The molecule has 0 heterocycles. The zero-order chi connectivity index (χ0) is 10.7. The van der Waals surface area contributed by atoms with E-state index in [0.29, 0.717) is 6.29 Å². The minimum Gasteiger partial charge on any atom is -0.433 e. The smallest absolute Gasteiger partial charge is 0.387 e. The van der Waals surface area contributed by atoms with E-state index in [0.717, 1.165) is 0 Å². The van der Waals surface area contributed by atoms with E-state index in [4.69, 9.17) is 5.73 Å². The number of nitrogen functional groups attached to an aromatic ring is 1. The van der Waals surface area contributed by atoms with Crippen LogP contribution in [0.25, 0.3) is 0 Å². The van der Waals surface area contributed by atoms with E-state index in [1.165, 1.54) is 12.1 Å². The fourth-order valence-corrected chi connectivity index (χ4v) is 1.36. The van der Waals surface area contributed by atoms with Crippen LogP contribution in [0.3, 0.4) is 0 Å². The molecule has 2 N–H and O–H groups in total. The number of ether oxygens (including phenoxy) is 1. The zero-order valence-corrected chi connectivity index (χ0v) is 8.42. The van der Waals surface area contributed by atoms with E-state index in [1.54, 1.807) is 0 Å². The third-order valence-corrected chi connectivity index (χ3v) is 2.13. The van der Waals surface area contributed by atoms with Gasteiger partial charge < -0.3 is 10.5 Å². The molecule has 0 aliphatic rings. The van der Waals surface area contributed by atoms with Crippen molar-refractivity contribution in [3.63, 3.8) is 0 Å². The van der Waals surface area contributed by atoms with Gasteiger partial charge in [-0.15, -0.1) is 0 Å². The zero-order valence-electron chi connectivity index (χ0n) is 6.84. The summed E-state index contributed by atoms with van der Waals surface area (Å²) in [5.74, 6) is -0.241. The Hall–Kier alpha value is -1.17. The fourth-order valence-electron chi connectivity index (χ4n) is 0.919. The summed E-state index contributed by atoms with van der Waals surface area (Å²) >= 11 is 2.98. The van der Waals surface area contributed by atoms with Crippen LogP contribution in [0, 0.1) is 0 Å². The molecule has 0 aliphatic carbocycles. The van der Waals surface area contributed by atoms with Gasteiger partial charge in [-0.05, 0) is 28.1 Å². The summed E-state index contributed by atoms with van der Waals surface area (Å²) in [5, 5.41) is 0. The minimum atomic E-state index is -2.99. The first-order valence-electron chi connectivity index (χ1n) is 3.54. The number of alkyl halides is 2. The van der Waals surface area contributed by atoms with E-state index in [2.05, 4.69) is 20.7 Å². The Bertz CT molecular complexity index is 357. The summed E-state index contributed by atoms with van der Waals surface area (Å²) in [6.45, 7) is -2.99. The Balaban J connectivity index is 3.22. The van der Waals surface area contributed by atoms with Crippen molar-refractivity contribution < 1.29 is 18.3 Å². The van der Waals surface area contributed by atoms with Gasteiger partial charge in [0, 0.05) is 5.69 Å². The molecule has 3 nitrogen and oxygen atoms in total. The molecule has 6 heteroatoms. The molecule has 1 rings (SSSR count). The highest BCUT2D eigenvalue weighted by atomic mass is 79.9. The van der Waals surface area contributed by atoms with Crippen molar-refractivity contribution in [2.24, 2.45) is 0 Å².